The van der Waals surface area contributed by atoms with Crippen LogP contribution in [0.15, 0.2) is 30.3 Å². The van der Waals surface area contributed by atoms with Gasteiger partial charge in [-0.3, -0.25) is 5.43 Å². The number of alkyl halides is 1. The van der Waals surface area contributed by atoms with Crippen molar-refractivity contribution < 1.29 is 9.53 Å². The molecule has 0 aliphatic heterocycles. The van der Waals surface area contributed by atoms with Gasteiger partial charge < -0.3 is 4.74 Å². The van der Waals surface area contributed by atoms with Crippen molar-refractivity contribution in [1.82, 2.24) is 5.43 Å². The minimum Gasteiger partial charge on any atom is -0.435 e. The van der Waals surface area contributed by atoms with Gasteiger partial charge in [-0.25, -0.2) is 10.2 Å². The van der Waals surface area contributed by atoms with Gasteiger partial charge in [0, 0.05) is 0 Å². The summed E-state index contributed by atoms with van der Waals surface area (Å²) < 4.78 is 4.72. The number of benzene rings is 1. The van der Waals surface area contributed by atoms with Gasteiger partial charge in [0.25, 0.3) is 0 Å². The van der Waals surface area contributed by atoms with E-state index in [0.29, 0.717) is 0 Å². The quantitative estimate of drug-likeness (QED) is 0.481. The zero-order chi connectivity index (χ0) is 11.6. The Labute approximate surface area is 98.9 Å². The number of ether oxygens (including phenoxy) is 1. The molecule has 0 heterocycles. The molecule has 0 aliphatic rings. The Balaban J connectivity index is 2.20. The number of hydrogen-bond donors (Lipinski definition) is 2. The van der Waals surface area contributed by atoms with Gasteiger partial charge in [-0.05, 0) is 12.1 Å². The van der Waals surface area contributed by atoms with Crippen LogP contribution >= 0.6 is 11.6 Å². The van der Waals surface area contributed by atoms with Gasteiger partial charge in [-0.2, -0.15) is 0 Å². The van der Waals surface area contributed by atoms with Crippen LogP contribution in [0.4, 0.5) is 10.5 Å². The molecule has 0 aliphatic carbocycles. The molecule has 1 aromatic rings. The lowest BCUT2D eigenvalue weighted by Gasteiger charge is -2.07. The van der Waals surface area contributed by atoms with E-state index in [-0.39, 0.29) is 12.5 Å². The maximum Gasteiger partial charge on any atom is 0.426 e. The van der Waals surface area contributed by atoms with Crippen LogP contribution in [0.3, 0.4) is 0 Å². The highest BCUT2D eigenvalue weighted by Crippen LogP contribution is 2.02. The second kappa shape index (κ2) is 7.43. The van der Waals surface area contributed by atoms with E-state index in [1.54, 1.807) is 0 Å². The summed E-state index contributed by atoms with van der Waals surface area (Å²) in [6.07, 6.45) is -0.590. The summed E-state index contributed by atoms with van der Waals surface area (Å²) in [5.74, 6) is 5.37. The van der Waals surface area contributed by atoms with E-state index in [1.807, 2.05) is 30.3 Å². The first-order chi connectivity index (χ1) is 7.83. The number of para-hydroxylation sites is 1. The molecule has 0 aromatic heterocycles. The largest absolute Gasteiger partial charge is 0.435 e. The van der Waals surface area contributed by atoms with Gasteiger partial charge in [0.05, 0.1) is 11.6 Å². The van der Waals surface area contributed by atoms with E-state index in [0.717, 1.165) is 5.69 Å². The highest BCUT2D eigenvalue weighted by atomic mass is 35.5. The first-order valence-electron chi connectivity index (χ1n) is 4.58. The molecule has 84 valence electrons. The average Bonchev–Trinajstić information content (AvgIpc) is 2.33. The van der Waals surface area contributed by atoms with Gasteiger partial charge >= 0.3 is 6.09 Å². The van der Waals surface area contributed by atoms with Crippen molar-refractivity contribution in [3.05, 3.63) is 30.3 Å². The maximum absolute atomic E-state index is 11.1. The van der Waals surface area contributed by atoms with Crippen LogP contribution in [0.2, 0.25) is 0 Å². The van der Waals surface area contributed by atoms with Crippen LogP contribution in [-0.2, 0) is 4.74 Å². The van der Waals surface area contributed by atoms with E-state index >= 15 is 0 Å². The zero-order valence-corrected chi connectivity index (χ0v) is 9.25. The van der Waals surface area contributed by atoms with Crippen LogP contribution in [-0.4, -0.2) is 18.6 Å². The molecule has 0 unspecified atom stereocenters. The SMILES string of the molecule is O=C(NNc1ccccc1)OCC#CCCl. The van der Waals surface area contributed by atoms with Gasteiger partial charge in [-0.1, -0.05) is 30.0 Å². The van der Waals surface area contributed by atoms with Crippen LogP contribution in [0.25, 0.3) is 0 Å². The van der Waals surface area contributed by atoms with Crippen LogP contribution < -0.4 is 10.9 Å². The fourth-order valence-electron chi connectivity index (χ4n) is 0.881. The molecular formula is C11H11ClN2O2. The average molecular weight is 239 g/mol. The first kappa shape index (κ1) is 12.2. The maximum atomic E-state index is 11.1. The van der Waals surface area contributed by atoms with E-state index in [1.165, 1.54) is 0 Å². The van der Waals surface area contributed by atoms with Crippen LogP contribution in [0.1, 0.15) is 0 Å². The molecule has 0 atom stereocenters. The number of amides is 1. The zero-order valence-electron chi connectivity index (χ0n) is 8.50. The smallest absolute Gasteiger partial charge is 0.426 e. The normalized spacial score (nSPS) is 8.56. The molecule has 2 N–H and O–H groups in total. The predicted molar refractivity (Wildman–Crippen MR) is 63.0 cm³/mol. The second-order valence-electron chi connectivity index (χ2n) is 2.68. The molecule has 0 fully saturated rings. The van der Waals surface area contributed by atoms with E-state index in [2.05, 4.69) is 22.7 Å². The lowest BCUT2D eigenvalue weighted by atomic mass is 10.3. The Morgan fingerprint density at radius 1 is 1.31 bits per heavy atom. The molecule has 0 saturated heterocycles. The lowest BCUT2D eigenvalue weighted by Crippen LogP contribution is -2.30. The van der Waals surface area contributed by atoms with Crippen molar-refractivity contribution in [3.8, 4) is 11.8 Å². The Kier molecular flexibility index (Phi) is 5.67. The third-order valence-corrected chi connectivity index (χ3v) is 1.68. The molecule has 4 nitrogen and oxygen atoms in total. The lowest BCUT2D eigenvalue weighted by molar-refractivity contribution is 0.162. The number of halogens is 1. The van der Waals surface area contributed by atoms with Gasteiger partial charge in [0.15, 0.2) is 6.61 Å². The van der Waals surface area contributed by atoms with Gasteiger partial charge in [0.2, 0.25) is 0 Å². The van der Waals surface area contributed by atoms with Gasteiger partial charge in [-0.15, -0.1) is 11.6 Å². The fraction of sp³-hybridized carbons (Fsp3) is 0.182. The summed E-state index contributed by atoms with van der Waals surface area (Å²) in [4.78, 5) is 11.1. The topological polar surface area (TPSA) is 50.4 Å². The van der Waals surface area contributed by atoms with Crippen molar-refractivity contribution in [1.29, 1.82) is 0 Å². The van der Waals surface area contributed by atoms with Crippen molar-refractivity contribution in [2.75, 3.05) is 17.9 Å². The number of rotatable bonds is 3. The molecule has 1 rings (SSSR count). The summed E-state index contributed by atoms with van der Waals surface area (Å²) in [6, 6.07) is 9.20. The van der Waals surface area contributed by atoms with E-state index in [9.17, 15) is 4.79 Å². The molecule has 16 heavy (non-hydrogen) atoms. The molecule has 1 amide bonds. The van der Waals surface area contributed by atoms with Crippen molar-refractivity contribution >= 4 is 23.4 Å². The number of hydrogen-bond acceptors (Lipinski definition) is 3. The summed E-state index contributed by atoms with van der Waals surface area (Å²) in [6.45, 7) is 0.0228. The highest BCUT2D eigenvalue weighted by Gasteiger charge is 1.98. The molecule has 0 saturated carbocycles. The molecule has 1 aromatic carbocycles. The van der Waals surface area contributed by atoms with Gasteiger partial charge in [0.1, 0.15) is 0 Å². The molecule has 0 spiro atoms. The third-order valence-electron chi connectivity index (χ3n) is 1.55. The van der Waals surface area contributed by atoms with Crippen LogP contribution in [0.5, 0.6) is 0 Å². The molecule has 0 radical (unpaired) electrons. The van der Waals surface area contributed by atoms with E-state index in [4.69, 9.17) is 16.3 Å². The van der Waals surface area contributed by atoms with Crippen molar-refractivity contribution in [3.63, 3.8) is 0 Å². The van der Waals surface area contributed by atoms with Crippen molar-refractivity contribution in [2.24, 2.45) is 0 Å². The standard InChI is InChI=1S/C11H11ClN2O2/c12-8-4-5-9-16-11(15)14-13-10-6-2-1-3-7-10/h1-3,6-7,13H,8-9H2,(H,14,15). The number of carbonyl (C=O) groups is 1. The van der Waals surface area contributed by atoms with Crippen LogP contribution in [0, 0.1) is 11.8 Å². The molecular weight excluding hydrogens is 228 g/mol. The molecule has 0 bridgehead atoms. The first-order valence-corrected chi connectivity index (χ1v) is 5.12. The molecule has 5 heteroatoms. The third kappa shape index (κ3) is 5.13. The summed E-state index contributed by atoms with van der Waals surface area (Å²) >= 11 is 5.32. The predicted octanol–water partition coefficient (Wildman–Crippen LogP) is 1.98. The number of nitrogens with one attached hydrogen (secondary N) is 2. The second-order valence-corrected chi connectivity index (χ2v) is 2.95. The summed E-state index contributed by atoms with van der Waals surface area (Å²) in [5, 5.41) is 0. The highest BCUT2D eigenvalue weighted by molar-refractivity contribution is 6.19. The Bertz CT molecular complexity index is 384. The van der Waals surface area contributed by atoms with Crippen molar-refractivity contribution in [2.45, 2.75) is 0 Å². The number of carbonyl (C=O) groups excluding carboxylic acids is 1. The number of hydrazine groups is 1. The minimum absolute atomic E-state index is 0.0228. The Morgan fingerprint density at radius 2 is 2.06 bits per heavy atom. The minimum atomic E-state index is -0.590. The fourth-order valence-corrected chi connectivity index (χ4v) is 0.975. The Morgan fingerprint density at radius 3 is 2.75 bits per heavy atom. The summed E-state index contributed by atoms with van der Waals surface area (Å²) in [7, 11) is 0. The monoisotopic (exact) mass is 238 g/mol. The Hall–Kier alpha value is -1.86. The number of anilines is 1. The summed E-state index contributed by atoms with van der Waals surface area (Å²) in [5.41, 5.74) is 5.82. The van der Waals surface area contributed by atoms with E-state index < -0.39 is 6.09 Å².